The van der Waals surface area contributed by atoms with Crippen LogP contribution in [-0.4, -0.2) is 9.78 Å². The lowest BCUT2D eigenvalue weighted by molar-refractivity contribution is 0.404. The molecule has 17 heavy (non-hydrogen) atoms. The number of rotatable bonds is 4. The minimum Gasteiger partial charge on any atom is -0.271 e. The van der Waals surface area contributed by atoms with Crippen LogP contribution in [0.25, 0.3) is 5.69 Å². The Balaban J connectivity index is 2.41. The Morgan fingerprint density at radius 1 is 1.18 bits per heavy atom. The van der Waals surface area contributed by atoms with Crippen LogP contribution in [0.2, 0.25) is 0 Å². The van der Waals surface area contributed by atoms with Crippen molar-refractivity contribution in [2.75, 3.05) is 0 Å². The highest BCUT2D eigenvalue weighted by atomic mass is 15.3. The molecule has 1 unspecified atom stereocenters. The first kappa shape index (κ1) is 11.8. The lowest BCUT2D eigenvalue weighted by Crippen LogP contribution is -2.33. The molecule has 0 amide bonds. The second-order valence-electron chi connectivity index (χ2n) is 4.39. The summed E-state index contributed by atoms with van der Waals surface area (Å²) >= 11 is 0. The van der Waals surface area contributed by atoms with Gasteiger partial charge in [0, 0.05) is 6.20 Å². The predicted molar refractivity (Wildman–Crippen MR) is 68.5 cm³/mol. The Kier molecular flexibility index (Phi) is 3.56. The van der Waals surface area contributed by atoms with Gasteiger partial charge in [-0.1, -0.05) is 32.0 Å². The first-order valence-corrected chi connectivity index (χ1v) is 5.79. The molecule has 4 nitrogen and oxygen atoms in total. The van der Waals surface area contributed by atoms with Crippen LogP contribution in [0.15, 0.2) is 42.6 Å². The van der Waals surface area contributed by atoms with Gasteiger partial charge < -0.3 is 0 Å². The maximum absolute atomic E-state index is 5.62. The summed E-state index contributed by atoms with van der Waals surface area (Å²) in [5, 5.41) is 4.36. The number of hydrogen-bond acceptors (Lipinski definition) is 3. The summed E-state index contributed by atoms with van der Waals surface area (Å²) in [4.78, 5) is 0. The van der Waals surface area contributed by atoms with Crippen LogP contribution in [0.4, 0.5) is 0 Å². The van der Waals surface area contributed by atoms with Crippen molar-refractivity contribution in [1.82, 2.24) is 15.2 Å². The highest BCUT2D eigenvalue weighted by molar-refractivity contribution is 5.33. The molecule has 4 heteroatoms. The molecule has 0 fully saturated rings. The molecule has 1 aromatic heterocycles. The van der Waals surface area contributed by atoms with Crippen molar-refractivity contribution in [3.63, 3.8) is 0 Å². The standard InChI is InChI=1S/C13H18N4/c1-10(2)13(16-14)12-8-9-15-17(12)11-6-4-3-5-7-11/h3-10,13,16H,14H2,1-2H3. The molecule has 0 aliphatic rings. The molecule has 0 aliphatic heterocycles. The molecule has 1 aromatic carbocycles. The molecule has 0 radical (unpaired) electrons. The summed E-state index contributed by atoms with van der Waals surface area (Å²) in [6.07, 6.45) is 1.80. The van der Waals surface area contributed by atoms with Crippen molar-refractivity contribution in [2.45, 2.75) is 19.9 Å². The van der Waals surface area contributed by atoms with Crippen molar-refractivity contribution >= 4 is 0 Å². The highest BCUT2D eigenvalue weighted by Gasteiger charge is 2.18. The van der Waals surface area contributed by atoms with Crippen molar-refractivity contribution in [3.05, 3.63) is 48.3 Å². The number of hydrogen-bond donors (Lipinski definition) is 2. The number of benzene rings is 1. The quantitative estimate of drug-likeness (QED) is 0.624. The summed E-state index contributed by atoms with van der Waals surface area (Å²) < 4.78 is 1.92. The van der Waals surface area contributed by atoms with E-state index in [1.54, 1.807) is 6.20 Å². The minimum atomic E-state index is 0.0951. The van der Waals surface area contributed by atoms with Gasteiger partial charge in [0.25, 0.3) is 0 Å². The number of hydrazine groups is 1. The van der Waals surface area contributed by atoms with Crippen LogP contribution in [0.3, 0.4) is 0 Å². The number of aromatic nitrogens is 2. The molecule has 0 saturated carbocycles. The smallest absolute Gasteiger partial charge is 0.0656 e. The third kappa shape index (κ3) is 2.38. The SMILES string of the molecule is CC(C)C(NN)c1ccnn1-c1ccccc1. The molecule has 1 heterocycles. The van der Waals surface area contributed by atoms with Gasteiger partial charge in [0.1, 0.15) is 0 Å². The van der Waals surface area contributed by atoms with Crippen molar-refractivity contribution in [3.8, 4) is 5.69 Å². The second-order valence-corrected chi connectivity index (χ2v) is 4.39. The fraction of sp³-hybridized carbons (Fsp3) is 0.308. The first-order chi connectivity index (χ1) is 8.24. The molecule has 2 rings (SSSR count). The average molecular weight is 230 g/mol. The molecular formula is C13H18N4. The van der Waals surface area contributed by atoms with E-state index in [0.717, 1.165) is 11.4 Å². The third-order valence-corrected chi connectivity index (χ3v) is 2.84. The van der Waals surface area contributed by atoms with E-state index >= 15 is 0 Å². The van der Waals surface area contributed by atoms with Gasteiger partial charge in [0.05, 0.1) is 17.4 Å². The molecule has 0 saturated heterocycles. The maximum Gasteiger partial charge on any atom is 0.0656 e. The largest absolute Gasteiger partial charge is 0.271 e. The molecule has 0 bridgehead atoms. The normalized spacial score (nSPS) is 12.9. The van der Waals surface area contributed by atoms with E-state index in [2.05, 4.69) is 24.4 Å². The van der Waals surface area contributed by atoms with Crippen molar-refractivity contribution < 1.29 is 0 Å². The molecule has 0 spiro atoms. The molecule has 1 atom stereocenters. The zero-order valence-corrected chi connectivity index (χ0v) is 10.2. The topological polar surface area (TPSA) is 55.9 Å². The average Bonchev–Trinajstić information content (AvgIpc) is 2.80. The lowest BCUT2D eigenvalue weighted by atomic mass is 10.0. The van der Waals surface area contributed by atoms with Crippen LogP contribution in [0.1, 0.15) is 25.6 Å². The van der Waals surface area contributed by atoms with E-state index < -0.39 is 0 Å². The van der Waals surface area contributed by atoms with Crippen molar-refractivity contribution in [2.24, 2.45) is 11.8 Å². The van der Waals surface area contributed by atoms with Gasteiger partial charge in [0.2, 0.25) is 0 Å². The predicted octanol–water partition coefficient (Wildman–Crippen LogP) is 2.03. The molecular weight excluding hydrogens is 212 g/mol. The van der Waals surface area contributed by atoms with E-state index in [1.165, 1.54) is 0 Å². The van der Waals surface area contributed by atoms with Gasteiger partial charge in [-0.3, -0.25) is 11.3 Å². The summed E-state index contributed by atoms with van der Waals surface area (Å²) in [5.41, 5.74) is 4.98. The van der Waals surface area contributed by atoms with Crippen LogP contribution >= 0.6 is 0 Å². The summed E-state index contributed by atoms with van der Waals surface area (Å²) in [5.74, 6) is 6.02. The second kappa shape index (κ2) is 5.12. The van der Waals surface area contributed by atoms with Crippen LogP contribution < -0.4 is 11.3 Å². The summed E-state index contributed by atoms with van der Waals surface area (Å²) in [6.45, 7) is 4.26. The molecule has 3 N–H and O–H groups in total. The number of nitrogens with two attached hydrogens (primary N) is 1. The van der Waals surface area contributed by atoms with E-state index in [0.29, 0.717) is 5.92 Å². The Morgan fingerprint density at radius 3 is 2.47 bits per heavy atom. The zero-order valence-electron chi connectivity index (χ0n) is 10.2. The highest BCUT2D eigenvalue weighted by Crippen LogP contribution is 2.22. The monoisotopic (exact) mass is 230 g/mol. The van der Waals surface area contributed by atoms with Gasteiger partial charge in [0.15, 0.2) is 0 Å². The van der Waals surface area contributed by atoms with E-state index in [1.807, 2.05) is 41.1 Å². The number of nitrogens with zero attached hydrogens (tertiary/aromatic N) is 2. The van der Waals surface area contributed by atoms with Gasteiger partial charge in [-0.2, -0.15) is 5.10 Å². The Hall–Kier alpha value is -1.65. The molecule has 0 aliphatic carbocycles. The van der Waals surface area contributed by atoms with Gasteiger partial charge in [-0.15, -0.1) is 0 Å². The van der Waals surface area contributed by atoms with Crippen LogP contribution in [0, 0.1) is 5.92 Å². The maximum atomic E-state index is 5.62. The third-order valence-electron chi connectivity index (χ3n) is 2.84. The zero-order chi connectivity index (χ0) is 12.3. The Bertz CT molecular complexity index is 461. The Morgan fingerprint density at radius 2 is 1.88 bits per heavy atom. The van der Waals surface area contributed by atoms with Gasteiger partial charge in [-0.25, -0.2) is 4.68 Å². The minimum absolute atomic E-state index is 0.0951. The fourth-order valence-corrected chi connectivity index (χ4v) is 1.95. The summed E-state index contributed by atoms with van der Waals surface area (Å²) in [7, 11) is 0. The summed E-state index contributed by atoms with van der Waals surface area (Å²) in [6, 6.07) is 12.2. The number of nitrogens with one attached hydrogen (secondary N) is 1. The molecule has 90 valence electrons. The fourth-order valence-electron chi connectivity index (χ4n) is 1.95. The van der Waals surface area contributed by atoms with E-state index in [-0.39, 0.29) is 6.04 Å². The van der Waals surface area contributed by atoms with Crippen LogP contribution in [0.5, 0.6) is 0 Å². The Labute approximate surface area is 101 Å². The van der Waals surface area contributed by atoms with Crippen molar-refractivity contribution in [1.29, 1.82) is 0 Å². The first-order valence-electron chi connectivity index (χ1n) is 5.79. The van der Waals surface area contributed by atoms with Gasteiger partial charge >= 0.3 is 0 Å². The van der Waals surface area contributed by atoms with Gasteiger partial charge in [-0.05, 0) is 24.1 Å². The molecule has 2 aromatic rings. The van der Waals surface area contributed by atoms with E-state index in [4.69, 9.17) is 5.84 Å². The lowest BCUT2D eigenvalue weighted by Gasteiger charge is -2.21. The van der Waals surface area contributed by atoms with E-state index in [9.17, 15) is 0 Å². The number of para-hydroxylation sites is 1. The van der Waals surface area contributed by atoms with Crippen LogP contribution in [-0.2, 0) is 0 Å².